The molecule has 3 aromatic carbocycles. The monoisotopic (exact) mass is 538 g/mol. The maximum Gasteiger partial charge on any atom is 0.515 e. The van der Waals surface area contributed by atoms with Crippen LogP contribution in [0.5, 0.6) is 5.75 Å². The molecule has 1 atom stereocenters. The summed E-state index contributed by atoms with van der Waals surface area (Å²) in [5.41, 5.74) is -1.17. The number of hydrogen-bond acceptors (Lipinski definition) is 3. The fourth-order valence-electron chi connectivity index (χ4n) is 3.02. The molecule has 3 aromatic rings. The van der Waals surface area contributed by atoms with E-state index in [0.29, 0.717) is 11.3 Å². The summed E-state index contributed by atoms with van der Waals surface area (Å²) in [7, 11) is -0.634. The zero-order valence-corrected chi connectivity index (χ0v) is 19.7. The third kappa shape index (κ3) is 7.39. The van der Waals surface area contributed by atoms with E-state index in [2.05, 4.69) is 0 Å². The summed E-state index contributed by atoms with van der Waals surface area (Å²) in [4.78, 5) is 12.2. The van der Waals surface area contributed by atoms with Gasteiger partial charge >= 0.3 is 6.98 Å². The van der Waals surface area contributed by atoms with Gasteiger partial charge in [-0.15, -0.1) is 4.21 Å². The molecule has 0 spiro atoms. The average molecular weight is 538 g/mol. The third-order valence-electron chi connectivity index (χ3n) is 4.73. The molecule has 13 heteroatoms. The number of rotatable bonds is 7. The van der Waals surface area contributed by atoms with Gasteiger partial charge in [-0.25, -0.2) is 22.0 Å². The van der Waals surface area contributed by atoms with Crippen LogP contribution >= 0.6 is 0 Å². The Labute approximate surface area is 202 Å². The maximum atomic E-state index is 12.6. The number of halogens is 8. The lowest BCUT2D eigenvalue weighted by Gasteiger charge is -2.17. The van der Waals surface area contributed by atoms with Crippen molar-refractivity contribution in [1.29, 1.82) is 0 Å². The lowest BCUT2D eigenvalue weighted by molar-refractivity contribution is 0.102. The van der Waals surface area contributed by atoms with E-state index in [0.717, 1.165) is 11.3 Å². The molecule has 0 saturated heterocycles. The van der Waals surface area contributed by atoms with Gasteiger partial charge in [0.05, 0.1) is 17.0 Å². The van der Waals surface area contributed by atoms with Crippen LogP contribution in [0.3, 0.4) is 0 Å². The Morgan fingerprint density at radius 2 is 1.28 bits per heavy atom. The predicted molar refractivity (Wildman–Crippen MR) is 121 cm³/mol. The second kappa shape index (κ2) is 11.7. The van der Waals surface area contributed by atoms with Crippen molar-refractivity contribution >= 4 is 28.2 Å². The number of methoxy groups -OCH3 is 1. The Morgan fingerprint density at radius 1 is 0.806 bits per heavy atom. The first-order valence-corrected chi connectivity index (χ1v) is 12.4. The van der Waals surface area contributed by atoms with Gasteiger partial charge in [0.15, 0.2) is 23.2 Å². The van der Waals surface area contributed by atoms with E-state index in [-0.39, 0.29) is 11.5 Å². The van der Waals surface area contributed by atoms with Crippen molar-refractivity contribution < 1.29 is 48.6 Å². The minimum Gasteiger partial charge on any atom is -0.497 e. The van der Waals surface area contributed by atoms with Crippen LogP contribution in [0.15, 0.2) is 54.6 Å². The van der Waals surface area contributed by atoms with E-state index in [1.165, 1.54) is 0 Å². The first kappa shape index (κ1) is 29.0. The molecule has 0 bridgehead atoms. The molecule has 36 heavy (non-hydrogen) atoms. The van der Waals surface area contributed by atoms with Crippen LogP contribution in [0.1, 0.15) is 15.9 Å². The van der Waals surface area contributed by atoms with Gasteiger partial charge in [0, 0.05) is 11.1 Å². The molecule has 3 nitrogen and oxygen atoms in total. The number of Topliss-reactive ketones (excluding diaryl/α,β-unsaturated/α-hetero) is 1. The molecule has 0 radical (unpaired) electrons. The van der Waals surface area contributed by atoms with Crippen LogP contribution in [0, 0.1) is 29.1 Å². The van der Waals surface area contributed by atoms with Crippen LogP contribution in [-0.4, -0.2) is 31.9 Å². The van der Waals surface area contributed by atoms with Crippen LogP contribution in [0.4, 0.5) is 34.9 Å². The van der Waals surface area contributed by atoms with Crippen LogP contribution < -0.4 is 10.2 Å². The molecule has 1 unspecified atom stereocenters. The van der Waals surface area contributed by atoms with Crippen molar-refractivity contribution in [3.05, 3.63) is 94.8 Å². The van der Waals surface area contributed by atoms with Gasteiger partial charge in [-0.05, 0) is 17.6 Å². The van der Waals surface area contributed by atoms with Crippen molar-refractivity contribution in [2.45, 2.75) is 5.75 Å². The minimum atomic E-state index is -6.30. The summed E-state index contributed by atoms with van der Waals surface area (Å²) in [6.07, 6.45) is 1.66. The smallest absolute Gasteiger partial charge is 0.497 e. The second-order valence-electron chi connectivity index (χ2n) is 7.67. The van der Waals surface area contributed by atoms with Gasteiger partial charge in [-0.2, -0.15) is 0 Å². The molecule has 0 heterocycles. The van der Waals surface area contributed by atoms with E-state index in [1.807, 2.05) is 42.5 Å². The molecule has 0 saturated carbocycles. The molecule has 0 amide bonds. The summed E-state index contributed by atoms with van der Waals surface area (Å²) in [5, 5.41) is 0. The topological polar surface area (TPSA) is 43.4 Å². The van der Waals surface area contributed by atoms with Crippen molar-refractivity contribution in [3.63, 3.8) is 0 Å². The van der Waals surface area contributed by atoms with Gasteiger partial charge in [0.2, 0.25) is 5.78 Å². The Kier molecular flexibility index (Phi) is 9.41. The fraction of sp³-hybridized carbons (Fsp3) is 0.174. The molecule has 3 rings (SSSR count). The van der Waals surface area contributed by atoms with Crippen molar-refractivity contribution in [2.75, 3.05) is 19.1 Å². The number of benzene rings is 3. The van der Waals surface area contributed by atoms with E-state index in [1.54, 1.807) is 25.5 Å². The molecule has 0 fully saturated rings. The molecular formula is C23H19BF8O3S. The molecule has 0 aromatic heterocycles. The van der Waals surface area contributed by atoms with Crippen LogP contribution in [0.2, 0.25) is 0 Å². The Morgan fingerprint density at radius 3 is 1.72 bits per heavy atom. The summed E-state index contributed by atoms with van der Waals surface area (Å²) in [5.74, 6) is -12.4. The Balaban J connectivity index is 0.000000269. The van der Waals surface area contributed by atoms with Gasteiger partial charge in [0.25, 0.3) is 0 Å². The number of carbonyl (C=O) groups excluding carboxylic acids is 1. The normalized spacial score (nSPS) is 12.8. The number of carbonyl (C=O) groups is 1. The Bertz CT molecular complexity index is 1240. The highest BCUT2D eigenvalue weighted by Gasteiger charge is 2.37. The number of hydrogen-bond donors (Lipinski definition) is 0. The highest BCUT2D eigenvalue weighted by Crippen LogP contribution is 2.21. The largest absolute Gasteiger partial charge is 0.515 e. The van der Waals surface area contributed by atoms with E-state index >= 15 is 0 Å². The molecule has 194 valence electrons. The summed E-state index contributed by atoms with van der Waals surface area (Å²) in [6.45, 7) is -6.30. The zero-order valence-electron chi connectivity index (χ0n) is 18.8. The van der Waals surface area contributed by atoms with E-state index < -0.39 is 51.5 Å². The quantitative estimate of drug-likeness (QED) is 0.0977. The molecule has 0 aliphatic heterocycles. The average Bonchev–Trinajstić information content (AvgIpc) is 2.81. The van der Waals surface area contributed by atoms with Crippen molar-refractivity contribution in [1.82, 2.24) is 0 Å². The standard InChI is InChI=1S/C17H19O3S.C6BF8/c1-20-16-10-8-14(9-11-16)12-21(2,19)13-17(18)15-6-4-3-5-7-15;8-2-1(7(13,14)15)3(9)5(11)6(12)4(2)10/h3-11H,12-13H2,1-2H3;/q+1;-1. The summed E-state index contributed by atoms with van der Waals surface area (Å²) >= 11 is 0. The van der Waals surface area contributed by atoms with Crippen LogP contribution in [-0.2, 0) is 19.9 Å². The zero-order chi connectivity index (χ0) is 27.3. The predicted octanol–water partition coefficient (Wildman–Crippen LogP) is 5.64. The van der Waals surface area contributed by atoms with Gasteiger partial charge < -0.3 is 17.7 Å². The molecule has 0 aliphatic rings. The highest BCUT2D eigenvalue weighted by atomic mass is 32.2. The first-order valence-electron chi connectivity index (χ1n) is 10.0. The van der Waals surface area contributed by atoms with Crippen LogP contribution in [0.25, 0.3) is 0 Å². The second-order valence-corrected chi connectivity index (χ2v) is 10.6. The van der Waals surface area contributed by atoms with Crippen molar-refractivity contribution in [2.24, 2.45) is 0 Å². The maximum absolute atomic E-state index is 12.6. The highest BCUT2D eigenvalue weighted by molar-refractivity contribution is 8.02. The molecule has 0 aliphatic carbocycles. The van der Waals surface area contributed by atoms with Crippen molar-refractivity contribution in [3.8, 4) is 5.75 Å². The fourth-order valence-corrected chi connectivity index (χ4v) is 4.74. The minimum absolute atomic E-state index is 0.0725. The lowest BCUT2D eigenvalue weighted by Crippen LogP contribution is -2.41. The first-order chi connectivity index (χ1) is 16.7. The van der Waals surface area contributed by atoms with Gasteiger partial charge in [-0.1, -0.05) is 42.5 Å². The third-order valence-corrected chi connectivity index (χ3v) is 6.55. The molecular weight excluding hydrogens is 519 g/mol. The number of ether oxygens (including phenoxy) is 1. The van der Waals surface area contributed by atoms with E-state index in [4.69, 9.17) is 4.74 Å². The van der Waals surface area contributed by atoms with Gasteiger partial charge in [-0.3, -0.25) is 4.79 Å². The number of ketones is 1. The SMILES string of the molecule is COc1ccc(C[S+](C)(=O)CC(=O)c2ccccc2)cc1.Fc1c(F)c(F)c([B-](F)(F)F)c(F)c1F. The lowest BCUT2D eigenvalue weighted by atomic mass is 9.79. The summed E-state index contributed by atoms with van der Waals surface area (Å²) in [6, 6.07) is 16.4. The van der Waals surface area contributed by atoms with E-state index in [9.17, 15) is 43.9 Å². The molecule has 0 N–H and O–H groups in total. The summed E-state index contributed by atoms with van der Waals surface area (Å²) < 4.78 is 115. The Hall–Kier alpha value is -3.22. The van der Waals surface area contributed by atoms with Gasteiger partial charge in [0.1, 0.15) is 29.4 Å².